The standard InChI is InChI=1S/C15H13F3N6O/c1-23(2)8-19-13-21-14-20-12(25)11(7-24(14)22-13)9-4-3-5-10(6-9)15(16,17)18/h3-8H,1-2H3,(H,20,21,22,25)/b19-8+. The molecule has 1 aromatic carbocycles. The summed E-state index contributed by atoms with van der Waals surface area (Å²) >= 11 is 0. The summed E-state index contributed by atoms with van der Waals surface area (Å²) in [5.41, 5.74) is -1.22. The molecule has 3 rings (SSSR count). The summed E-state index contributed by atoms with van der Waals surface area (Å²) < 4.78 is 39.8. The third-order valence-corrected chi connectivity index (χ3v) is 3.25. The number of hydrogen-bond donors (Lipinski definition) is 1. The zero-order chi connectivity index (χ0) is 18.2. The molecular weight excluding hydrogens is 337 g/mol. The molecule has 0 unspecified atom stereocenters. The van der Waals surface area contributed by atoms with E-state index >= 15 is 0 Å². The minimum atomic E-state index is -4.49. The van der Waals surface area contributed by atoms with Crippen molar-refractivity contribution in [3.63, 3.8) is 0 Å². The smallest absolute Gasteiger partial charge is 0.369 e. The molecule has 25 heavy (non-hydrogen) atoms. The molecule has 2 aromatic heterocycles. The van der Waals surface area contributed by atoms with Gasteiger partial charge in [-0.25, -0.2) is 9.51 Å². The first kappa shape index (κ1) is 16.7. The third-order valence-electron chi connectivity index (χ3n) is 3.25. The summed E-state index contributed by atoms with van der Waals surface area (Å²) in [7, 11) is 3.54. The maximum Gasteiger partial charge on any atom is 0.416 e. The molecule has 10 heteroatoms. The summed E-state index contributed by atoms with van der Waals surface area (Å²) in [4.78, 5) is 24.4. The highest BCUT2D eigenvalue weighted by Crippen LogP contribution is 2.31. The van der Waals surface area contributed by atoms with Gasteiger partial charge in [0.2, 0.25) is 5.78 Å². The van der Waals surface area contributed by atoms with Crippen LogP contribution < -0.4 is 5.56 Å². The Kier molecular flexibility index (Phi) is 4.03. The molecule has 0 atom stereocenters. The fraction of sp³-hybridized carbons (Fsp3) is 0.200. The monoisotopic (exact) mass is 350 g/mol. The molecule has 0 amide bonds. The number of hydrogen-bond acceptors (Lipinski definition) is 4. The Balaban J connectivity index is 2.08. The van der Waals surface area contributed by atoms with Crippen molar-refractivity contribution in [1.82, 2.24) is 24.5 Å². The zero-order valence-electron chi connectivity index (χ0n) is 13.2. The molecule has 0 radical (unpaired) electrons. The minimum absolute atomic E-state index is 0.0478. The largest absolute Gasteiger partial charge is 0.416 e. The molecule has 0 fully saturated rings. The number of H-pyrrole nitrogens is 1. The van der Waals surface area contributed by atoms with E-state index in [9.17, 15) is 18.0 Å². The number of fused-ring (bicyclic) bond motifs is 1. The average molecular weight is 350 g/mol. The second-order valence-electron chi connectivity index (χ2n) is 5.46. The highest BCUT2D eigenvalue weighted by Gasteiger charge is 2.30. The molecule has 0 bridgehead atoms. The molecule has 0 aliphatic carbocycles. The summed E-state index contributed by atoms with van der Waals surface area (Å²) in [6, 6.07) is 4.53. The van der Waals surface area contributed by atoms with Gasteiger partial charge in [-0.3, -0.25) is 9.78 Å². The van der Waals surface area contributed by atoms with E-state index in [4.69, 9.17) is 0 Å². The van der Waals surface area contributed by atoms with Crippen LogP contribution in [0.5, 0.6) is 0 Å². The van der Waals surface area contributed by atoms with Gasteiger partial charge in [-0.1, -0.05) is 12.1 Å². The molecule has 3 aromatic rings. The maximum absolute atomic E-state index is 12.9. The second-order valence-corrected chi connectivity index (χ2v) is 5.46. The van der Waals surface area contributed by atoms with Gasteiger partial charge in [0, 0.05) is 20.3 Å². The number of halogens is 3. The first-order chi connectivity index (χ1) is 11.7. The van der Waals surface area contributed by atoms with Gasteiger partial charge >= 0.3 is 6.18 Å². The van der Waals surface area contributed by atoms with Crippen molar-refractivity contribution in [1.29, 1.82) is 0 Å². The Labute approximate surface area is 139 Å². The molecule has 0 aliphatic heterocycles. The molecule has 130 valence electrons. The van der Waals surface area contributed by atoms with Gasteiger partial charge in [0.05, 0.1) is 17.5 Å². The lowest BCUT2D eigenvalue weighted by Gasteiger charge is -2.08. The van der Waals surface area contributed by atoms with Gasteiger partial charge in [0.15, 0.2) is 0 Å². The lowest BCUT2D eigenvalue weighted by atomic mass is 10.1. The first-order valence-electron chi connectivity index (χ1n) is 7.12. The molecule has 1 N–H and O–H groups in total. The molecule has 0 spiro atoms. The van der Waals surface area contributed by atoms with Crippen molar-refractivity contribution in [3.05, 3.63) is 46.4 Å². The molecule has 0 saturated carbocycles. The van der Waals surface area contributed by atoms with Gasteiger partial charge in [-0.05, 0) is 17.7 Å². The van der Waals surface area contributed by atoms with E-state index in [-0.39, 0.29) is 22.9 Å². The van der Waals surface area contributed by atoms with E-state index < -0.39 is 17.3 Å². The Morgan fingerprint density at radius 3 is 2.76 bits per heavy atom. The summed E-state index contributed by atoms with van der Waals surface area (Å²) in [5, 5.41) is 4.07. The molecule has 0 saturated heterocycles. The Bertz CT molecular complexity index is 1000. The number of nitrogens with zero attached hydrogens (tertiary/aromatic N) is 5. The average Bonchev–Trinajstić information content (AvgIpc) is 2.93. The van der Waals surface area contributed by atoms with Crippen LogP contribution in [0.2, 0.25) is 0 Å². The van der Waals surface area contributed by atoms with Gasteiger partial charge in [-0.15, -0.1) is 5.10 Å². The van der Waals surface area contributed by atoms with Crippen LogP contribution in [-0.2, 0) is 6.18 Å². The highest BCUT2D eigenvalue weighted by atomic mass is 19.4. The van der Waals surface area contributed by atoms with Crippen LogP contribution in [0.15, 0.2) is 40.2 Å². The number of aromatic nitrogens is 4. The van der Waals surface area contributed by atoms with Gasteiger partial charge in [0.1, 0.15) is 0 Å². The van der Waals surface area contributed by atoms with Crippen LogP contribution >= 0.6 is 0 Å². The van der Waals surface area contributed by atoms with Crippen LogP contribution in [0.25, 0.3) is 16.9 Å². The van der Waals surface area contributed by atoms with E-state index in [2.05, 4.69) is 20.1 Å². The molecular formula is C15H13F3N6O. The lowest BCUT2D eigenvalue weighted by Crippen LogP contribution is -2.12. The van der Waals surface area contributed by atoms with Crippen molar-refractivity contribution in [2.24, 2.45) is 4.99 Å². The molecule has 7 nitrogen and oxygen atoms in total. The van der Waals surface area contributed by atoms with Crippen molar-refractivity contribution in [2.45, 2.75) is 6.18 Å². The quantitative estimate of drug-likeness (QED) is 0.581. The summed E-state index contributed by atoms with van der Waals surface area (Å²) in [6.45, 7) is 0. The fourth-order valence-corrected chi connectivity index (χ4v) is 2.13. The highest BCUT2D eigenvalue weighted by molar-refractivity contribution is 5.64. The first-order valence-corrected chi connectivity index (χ1v) is 7.12. The maximum atomic E-state index is 12.9. The van der Waals surface area contributed by atoms with Crippen LogP contribution in [0.4, 0.5) is 19.1 Å². The Morgan fingerprint density at radius 1 is 1.32 bits per heavy atom. The van der Waals surface area contributed by atoms with Crippen molar-refractivity contribution in [2.75, 3.05) is 14.1 Å². The predicted molar refractivity (Wildman–Crippen MR) is 85.9 cm³/mol. The van der Waals surface area contributed by atoms with Crippen molar-refractivity contribution in [3.8, 4) is 11.1 Å². The van der Waals surface area contributed by atoms with E-state index in [1.54, 1.807) is 19.0 Å². The fourth-order valence-electron chi connectivity index (χ4n) is 2.13. The van der Waals surface area contributed by atoms with Crippen LogP contribution in [-0.4, -0.2) is 44.9 Å². The normalized spacial score (nSPS) is 12.2. The van der Waals surface area contributed by atoms with Gasteiger partial charge < -0.3 is 4.90 Å². The number of nitrogens with one attached hydrogen (secondary N) is 1. The second kappa shape index (κ2) is 6.04. The molecule has 2 heterocycles. The van der Waals surface area contributed by atoms with Crippen molar-refractivity contribution >= 4 is 18.1 Å². The van der Waals surface area contributed by atoms with E-state index in [1.807, 2.05) is 0 Å². The van der Waals surface area contributed by atoms with Crippen LogP contribution in [0, 0.1) is 0 Å². The Hall–Kier alpha value is -3.17. The van der Waals surface area contributed by atoms with E-state index in [0.29, 0.717) is 0 Å². The topological polar surface area (TPSA) is 78.7 Å². The number of rotatable bonds is 3. The number of benzene rings is 1. The molecule has 0 aliphatic rings. The minimum Gasteiger partial charge on any atom is -0.369 e. The Morgan fingerprint density at radius 2 is 2.08 bits per heavy atom. The zero-order valence-corrected chi connectivity index (χ0v) is 13.2. The predicted octanol–water partition coefficient (Wildman–Crippen LogP) is 2.32. The van der Waals surface area contributed by atoms with Gasteiger partial charge in [0.25, 0.3) is 11.5 Å². The summed E-state index contributed by atoms with van der Waals surface area (Å²) in [5.74, 6) is 0.261. The third kappa shape index (κ3) is 3.52. The van der Waals surface area contributed by atoms with E-state index in [1.165, 1.54) is 29.2 Å². The lowest BCUT2D eigenvalue weighted by molar-refractivity contribution is -0.137. The van der Waals surface area contributed by atoms with Crippen molar-refractivity contribution < 1.29 is 13.2 Å². The van der Waals surface area contributed by atoms with Crippen LogP contribution in [0.1, 0.15) is 5.56 Å². The van der Waals surface area contributed by atoms with Crippen LogP contribution in [0.3, 0.4) is 0 Å². The van der Waals surface area contributed by atoms with E-state index in [0.717, 1.165) is 12.1 Å². The SMILES string of the molecule is CN(C)/C=N/c1nc2[nH]c(=O)c(-c3cccc(C(F)(F)F)c3)cn2n1. The number of aromatic amines is 1. The number of alkyl halides is 3. The van der Waals surface area contributed by atoms with Gasteiger partial charge in [-0.2, -0.15) is 18.2 Å². The summed E-state index contributed by atoms with van der Waals surface area (Å²) in [6.07, 6.45) is -1.68. The number of aliphatic imine (C=N–C) groups is 1.